The average Bonchev–Trinajstić information content (AvgIpc) is 3.43. The highest BCUT2D eigenvalue weighted by Crippen LogP contribution is 2.37. The van der Waals surface area contributed by atoms with E-state index in [0.29, 0.717) is 43.6 Å². The molecule has 5 rings (SSSR count). The van der Waals surface area contributed by atoms with Crippen LogP contribution in [0.1, 0.15) is 53.1 Å². The first-order valence-electron chi connectivity index (χ1n) is 11.8. The molecule has 3 aromatic rings. The Hall–Kier alpha value is -2.88. The fourth-order valence-electron chi connectivity index (χ4n) is 5.40. The Morgan fingerprint density at radius 3 is 2.60 bits per heavy atom. The molecule has 6 nitrogen and oxygen atoms in total. The first kappa shape index (κ1) is 23.8. The Morgan fingerprint density at radius 1 is 1.14 bits per heavy atom. The molecule has 1 N–H and O–H groups in total. The number of aliphatic carboxylic acids is 1. The van der Waals surface area contributed by atoms with E-state index in [0.717, 1.165) is 52.5 Å². The van der Waals surface area contributed by atoms with Gasteiger partial charge in [0, 0.05) is 35.1 Å². The summed E-state index contributed by atoms with van der Waals surface area (Å²) in [7, 11) is 0. The molecular weight excluding hydrogens is 479 g/mol. The molecule has 10 heteroatoms. The van der Waals surface area contributed by atoms with Crippen LogP contribution >= 0.6 is 11.3 Å². The number of rotatable bonds is 5. The van der Waals surface area contributed by atoms with E-state index in [-0.39, 0.29) is 24.3 Å². The van der Waals surface area contributed by atoms with E-state index in [1.165, 1.54) is 6.07 Å². The van der Waals surface area contributed by atoms with Crippen LogP contribution in [0.3, 0.4) is 0 Å². The molecule has 2 aliphatic rings. The molecule has 186 valence electrons. The molecule has 0 bridgehead atoms. The first-order chi connectivity index (χ1) is 16.7. The third-order valence-electron chi connectivity index (χ3n) is 7.28. The van der Waals surface area contributed by atoms with Gasteiger partial charge < -0.3 is 14.6 Å². The molecule has 1 aliphatic heterocycles. The van der Waals surface area contributed by atoms with E-state index in [9.17, 15) is 27.9 Å². The van der Waals surface area contributed by atoms with E-state index in [2.05, 4.69) is 4.98 Å². The van der Waals surface area contributed by atoms with E-state index in [1.54, 1.807) is 6.20 Å². The van der Waals surface area contributed by atoms with Gasteiger partial charge >= 0.3 is 12.1 Å². The van der Waals surface area contributed by atoms with Crippen molar-refractivity contribution in [1.82, 2.24) is 14.5 Å². The Morgan fingerprint density at radius 2 is 1.91 bits per heavy atom. The van der Waals surface area contributed by atoms with Crippen molar-refractivity contribution in [3.05, 3.63) is 51.5 Å². The Kier molecular flexibility index (Phi) is 6.33. The maximum Gasteiger partial charge on any atom is 0.425 e. The molecule has 4 heterocycles. The number of carbonyl (C=O) groups excluding carboxylic acids is 1. The number of carboxylic acids is 1. The number of alkyl halides is 3. The molecule has 0 unspecified atom stereocenters. The van der Waals surface area contributed by atoms with Gasteiger partial charge in [-0.2, -0.15) is 13.2 Å². The smallest absolute Gasteiger partial charge is 0.425 e. The topological polar surface area (TPSA) is 75.4 Å². The van der Waals surface area contributed by atoms with Crippen LogP contribution in [0.25, 0.3) is 11.0 Å². The monoisotopic (exact) mass is 505 g/mol. The molecule has 1 amide bonds. The minimum atomic E-state index is -4.37. The number of halogens is 3. The number of thiophene rings is 1. The van der Waals surface area contributed by atoms with Crippen LogP contribution in [0.5, 0.6) is 0 Å². The molecule has 0 atom stereocenters. The minimum absolute atomic E-state index is 0.0506. The van der Waals surface area contributed by atoms with E-state index >= 15 is 0 Å². The fourth-order valence-corrected chi connectivity index (χ4v) is 6.27. The number of pyridine rings is 1. The predicted octanol–water partition coefficient (Wildman–Crippen LogP) is 5.33. The van der Waals surface area contributed by atoms with Crippen molar-refractivity contribution >= 4 is 34.2 Å². The molecule has 0 radical (unpaired) electrons. The van der Waals surface area contributed by atoms with Gasteiger partial charge in [-0.05, 0) is 67.9 Å². The van der Waals surface area contributed by atoms with Crippen molar-refractivity contribution in [3.63, 3.8) is 0 Å². The quantitative estimate of drug-likeness (QED) is 0.509. The predicted molar refractivity (Wildman–Crippen MR) is 125 cm³/mol. The number of hydrogen-bond acceptors (Lipinski definition) is 4. The molecule has 1 aliphatic carbocycles. The number of carboxylic acid groups (broad SMARTS) is 1. The maximum atomic E-state index is 13.2. The molecule has 35 heavy (non-hydrogen) atoms. The largest absolute Gasteiger partial charge is 0.481 e. The summed E-state index contributed by atoms with van der Waals surface area (Å²) in [6, 6.07) is 6.45. The molecule has 1 fully saturated rings. The summed E-state index contributed by atoms with van der Waals surface area (Å²) in [6.45, 7) is 1.25. The van der Waals surface area contributed by atoms with Crippen molar-refractivity contribution in [3.8, 4) is 0 Å². The van der Waals surface area contributed by atoms with Crippen molar-refractivity contribution in [2.24, 2.45) is 11.8 Å². The Labute approximate surface area is 204 Å². The lowest BCUT2D eigenvalue weighted by Gasteiger charge is -2.31. The van der Waals surface area contributed by atoms with Crippen molar-refractivity contribution < 1.29 is 27.9 Å². The van der Waals surface area contributed by atoms with Crippen LogP contribution in [-0.4, -0.2) is 38.0 Å². The SMILES string of the molecule is O=C(O)C1CCC(CC(=O)N2CCc3c(n(Cc4ccc(C(F)(F)F)s4)c4ncccc34)C2)CC1. The summed E-state index contributed by atoms with van der Waals surface area (Å²) >= 11 is 0.734. The van der Waals surface area contributed by atoms with E-state index < -0.39 is 17.0 Å². The van der Waals surface area contributed by atoms with Crippen molar-refractivity contribution in [1.29, 1.82) is 0 Å². The summed E-state index contributed by atoms with van der Waals surface area (Å²) in [5, 5.41) is 10.2. The second kappa shape index (κ2) is 9.29. The molecule has 3 aromatic heterocycles. The first-order valence-corrected chi connectivity index (χ1v) is 12.6. The third kappa shape index (κ3) is 4.80. The van der Waals surface area contributed by atoms with Crippen molar-refractivity contribution in [2.45, 2.75) is 57.8 Å². The molecule has 1 saturated carbocycles. The lowest BCUT2D eigenvalue weighted by molar-refractivity contribution is -0.143. The fraction of sp³-hybridized carbons (Fsp3) is 0.480. The second-order valence-electron chi connectivity index (χ2n) is 9.47. The minimum Gasteiger partial charge on any atom is -0.481 e. The van der Waals surface area contributed by atoms with Gasteiger partial charge in [0.2, 0.25) is 5.91 Å². The highest BCUT2D eigenvalue weighted by atomic mass is 32.1. The standard InChI is InChI=1S/C25H26F3N3O3S/c26-25(27,28)21-8-7-17(35-21)13-31-20-14-30(11-9-18(20)19-2-1-10-29-23(19)31)22(32)12-15-3-5-16(6-4-15)24(33)34/h1-2,7-8,10,15-16H,3-6,9,11-14H2,(H,33,34). The van der Waals surface area contributed by atoms with Crippen LogP contribution in [0.4, 0.5) is 13.2 Å². The van der Waals surface area contributed by atoms with Crippen LogP contribution in [0.2, 0.25) is 0 Å². The Balaban J connectivity index is 1.35. The van der Waals surface area contributed by atoms with Crippen LogP contribution in [0.15, 0.2) is 30.5 Å². The van der Waals surface area contributed by atoms with Gasteiger partial charge in [-0.15, -0.1) is 11.3 Å². The van der Waals surface area contributed by atoms with Gasteiger partial charge in [0.1, 0.15) is 10.5 Å². The van der Waals surface area contributed by atoms with Crippen LogP contribution in [-0.2, 0) is 35.3 Å². The van der Waals surface area contributed by atoms with Gasteiger partial charge in [-0.1, -0.05) is 0 Å². The number of aromatic nitrogens is 2. The Bertz CT molecular complexity index is 1260. The zero-order chi connectivity index (χ0) is 24.7. The third-order valence-corrected chi connectivity index (χ3v) is 8.40. The van der Waals surface area contributed by atoms with Gasteiger partial charge in [0.05, 0.1) is 19.0 Å². The second-order valence-corrected chi connectivity index (χ2v) is 10.6. The summed E-state index contributed by atoms with van der Waals surface area (Å²) in [5.41, 5.74) is 2.75. The summed E-state index contributed by atoms with van der Waals surface area (Å²) in [4.78, 5) is 30.7. The maximum absolute atomic E-state index is 13.2. The number of fused-ring (bicyclic) bond motifs is 3. The van der Waals surface area contributed by atoms with E-state index in [4.69, 9.17) is 0 Å². The van der Waals surface area contributed by atoms with Gasteiger partial charge in [0.15, 0.2) is 0 Å². The lowest BCUT2D eigenvalue weighted by atomic mass is 9.80. The van der Waals surface area contributed by atoms with Crippen LogP contribution < -0.4 is 0 Å². The van der Waals surface area contributed by atoms with Gasteiger partial charge in [-0.3, -0.25) is 9.59 Å². The highest BCUT2D eigenvalue weighted by Gasteiger charge is 2.33. The summed E-state index contributed by atoms with van der Waals surface area (Å²) in [6.07, 6.45) is 1.08. The summed E-state index contributed by atoms with van der Waals surface area (Å²) < 4.78 is 41.3. The summed E-state index contributed by atoms with van der Waals surface area (Å²) in [5.74, 6) is -0.821. The van der Waals surface area contributed by atoms with Crippen molar-refractivity contribution in [2.75, 3.05) is 6.54 Å². The zero-order valence-corrected chi connectivity index (χ0v) is 19.9. The van der Waals surface area contributed by atoms with Crippen LogP contribution in [0, 0.1) is 11.8 Å². The normalized spacial score (nSPS) is 20.7. The molecule has 0 aromatic carbocycles. The molecular formula is C25H26F3N3O3S. The number of hydrogen-bond donors (Lipinski definition) is 1. The molecule has 0 saturated heterocycles. The number of carbonyl (C=O) groups is 2. The van der Waals surface area contributed by atoms with Gasteiger partial charge in [0.25, 0.3) is 0 Å². The van der Waals surface area contributed by atoms with Gasteiger partial charge in [-0.25, -0.2) is 4.98 Å². The van der Waals surface area contributed by atoms with E-state index in [1.807, 2.05) is 21.6 Å². The average molecular weight is 506 g/mol. The lowest BCUT2D eigenvalue weighted by Crippen LogP contribution is -2.38. The highest BCUT2D eigenvalue weighted by molar-refractivity contribution is 7.12. The number of amides is 1. The molecule has 0 spiro atoms. The number of nitrogens with zero attached hydrogens (tertiary/aromatic N) is 3. The zero-order valence-electron chi connectivity index (χ0n) is 19.1.